The van der Waals surface area contributed by atoms with E-state index in [9.17, 15) is 9.59 Å². The number of ether oxygens (including phenoxy) is 1. The molecule has 0 aliphatic rings. The number of anilines is 1. The van der Waals surface area contributed by atoms with E-state index in [0.29, 0.717) is 12.2 Å². The van der Waals surface area contributed by atoms with Gasteiger partial charge >= 0.3 is 5.97 Å². The Bertz CT molecular complexity index is 1160. The molecule has 7 heteroatoms. The fourth-order valence-electron chi connectivity index (χ4n) is 3.25. The lowest BCUT2D eigenvalue weighted by atomic mass is 10.1. The van der Waals surface area contributed by atoms with Crippen molar-refractivity contribution in [2.24, 2.45) is 0 Å². The molecule has 5 nitrogen and oxygen atoms in total. The first-order valence-electron chi connectivity index (χ1n) is 9.57. The molecular weight excluding hydrogens is 416 g/mol. The number of hydrogen-bond acceptors (Lipinski definition) is 6. The molecule has 0 spiro atoms. The van der Waals surface area contributed by atoms with Crippen LogP contribution in [0.15, 0.2) is 65.4 Å². The van der Waals surface area contributed by atoms with E-state index in [2.05, 4.69) is 4.98 Å². The Morgan fingerprint density at radius 3 is 2.67 bits per heavy atom. The fourth-order valence-corrected chi connectivity index (χ4v) is 4.88. The molecule has 0 saturated carbocycles. The molecule has 0 aliphatic heterocycles. The summed E-state index contributed by atoms with van der Waals surface area (Å²) in [7, 11) is 0. The number of esters is 1. The number of rotatable bonds is 7. The van der Waals surface area contributed by atoms with Crippen LogP contribution in [0.1, 0.15) is 12.6 Å². The molecule has 0 fully saturated rings. The van der Waals surface area contributed by atoms with Crippen molar-refractivity contribution in [3.8, 4) is 9.88 Å². The highest BCUT2D eigenvalue weighted by atomic mass is 32.1. The third kappa shape index (κ3) is 4.42. The SMILES string of the molecule is CCN(C(=O)COC(=O)Cc1csc(-c2cccs2)n1)c1cccc2ccccc12. The second-order valence-electron chi connectivity index (χ2n) is 6.60. The van der Waals surface area contributed by atoms with Gasteiger partial charge in [-0.05, 0) is 29.8 Å². The number of aromatic nitrogens is 1. The molecule has 1 amide bonds. The second-order valence-corrected chi connectivity index (χ2v) is 8.40. The zero-order valence-electron chi connectivity index (χ0n) is 16.4. The number of nitrogens with zero attached hydrogens (tertiary/aromatic N) is 2. The number of hydrogen-bond donors (Lipinski definition) is 0. The van der Waals surface area contributed by atoms with Gasteiger partial charge in [0.15, 0.2) is 6.61 Å². The van der Waals surface area contributed by atoms with E-state index in [-0.39, 0.29) is 18.9 Å². The van der Waals surface area contributed by atoms with Crippen LogP contribution in [0.3, 0.4) is 0 Å². The largest absolute Gasteiger partial charge is 0.455 e. The van der Waals surface area contributed by atoms with Crippen molar-refractivity contribution in [1.82, 2.24) is 4.98 Å². The zero-order valence-corrected chi connectivity index (χ0v) is 18.0. The molecule has 0 unspecified atom stereocenters. The summed E-state index contributed by atoms with van der Waals surface area (Å²) in [5.74, 6) is -0.708. The number of likely N-dealkylation sites (N-methyl/N-ethyl adjacent to an activating group) is 1. The lowest BCUT2D eigenvalue weighted by molar-refractivity contribution is -0.147. The molecule has 0 N–H and O–H groups in total. The Labute approximate surface area is 182 Å². The Kier molecular flexibility index (Phi) is 6.21. The van der Waals surface area contributed by atoms with E-state index in [0.717, 1.165) is 26.3 Å². The summed E-state index contributed by atoms with van der Waals surface area (Å²) in [4.78, 5) is 32.2. The molecule has 4 aromatic rings. The molecule has 0 aliphatic carbocycles. The maximum atomic E-state index is 12.8. The predicted molar refractivity (Wildman–Crippen MR) is 122 cm³/mol. The summed E-state index contributed by atoms with van der Waals surface area (Å²) in [6.45, 7) is 2.10. The average molecular weight is 437 g/mol. The molecule has 2 heterocycles. The van der Waals surface area contributed by atoms with Crippen LogP contribution in [-0.2, 0) is 20.7 Å². The second kappa shape index (κ2) is 9.19. The first-order chi connectivity index (χ1) is 14.7. The van der Waals surface area contributed by atoms with Crippen LogP contribution in [0.25, 0.3) is 20.7 Å². The van der Waals surface area contributed by atoms with Gasteiger partial charge in [0, 0.05) is 17.3 Å². The van der Waals surface area contributed by atoms with Gasteiger partial charge in [0.2, 0.25) is 0 Å². The van der Waals surface area contributed by atoms with Crippen LogP contribution in [-0.4, -0.2) is 30.0 Å². The van der Waals surface area contributed by atoms with Crippen molar-refractivity contribution >= 4 is 51.0 Å². The van der Waals surface area contributed by atoms with Crippen LogP contribution >= 0.6 is 22.7 Å². The van der Waals surface area contributed by atoms with Crippen molar-refractivity contribution in [2.75, 3.05) is 18.1 Å². The minimum Gasteiger partial charge on any atom is -0.455 e. The molecule has 152 valence electrons. The normalized spacial score (nSPS) is 10.8. The number of carbonyl (C=O) groups excluding carboxylic acids is 2. The highest BCUT2D eigenvalue weighted by molar-refractivity contribution is 7.20. The van der Waals surface area contributed by atoms with Crippen LogP contribution in [0.4, 0.5) is 5.69 Å². The van der Waals surface area contributed by atoms with Gasteiger partial charge in [-0.2, -0.15) is 0 Å². The van der Waals surface area contributed by atoms with Gasteiger partial charge in [0.1, 0.15) is 5.01 Å². The summed E-state index contributed by atoms with van der Waals surface area (Å²) in [5, 5.41) is 6.78. The van der Waals surface area contributed by atoms with Gasteiger partial charge in [0.25, 0.3) is 5.91 Å². The van der Waals surface area contributed by atoms with Crippen molar-refractivity contribution in [3.05, 3.63) is 71.1 Å². The molecule has 2 aromatic carbocycles. The van der Waals surface area contributed by atoms with Crippen molar-refractivity contribution in [3.63, 3.8) is 0 Å². The topological polar surface area (TPSA) is 59.5 Å². The van der Waals surface area contributed by atoms with Crippen molar-refractivity contribution in [2.45, 2.75) is 13.3 Å². The molecule has 4 rings (SSSR count). The number of carbonyl (C=O) groups is 2. The van der Waals surface area contributed by atoms with E-state index < -0.39 is 5.97 Å². The van der Waals surface area contributed by atoms with Gasteiger partial charge in [-0.3, -0.25) is 9.59 Å². The maximum absolute atomic E-state index is 12.8. The average Bonchev–Trinajstić information content (AvgIpc) is 3.45. The first kappa shape index (κ1) is 20.3. The van der Waals surface area contributed by atoms with Crippen molar-refractivity contribution < 1.29 is 14.3 Å². The summed E-state index contributed by atoms with van der Waals surface area (Å²) < 4.78 is 5.26. The highest BCUT2D eigenvalue weighted by Gasteiger charge is 2.19. The highest BCUT2D eigenvalue weighted by Crippen LogP contribution is 2.28. The lowest BCUT2D eigenvalue weighted by Gasteiger charge is -2.22. The van der Waals surface area contributed by atoms with E-state index >= 15 is 0 Å². The van der Waals surface area contributed by atoms with Crippen LogP contribution < -0.4 is 4.90 Å². The minimum absolute atomic E-state index is 0.0511. The van der Waals surface area contributed by atoms with E-state index in [1.54, 1.807) is 16.2 Å². The summed E-state index contributed by atoms with van der Waals surface area (Å²) in [6.07, 6.45) is 0.0511. The summed E-state index contributed by atoms with van der Waals surface area (Å²) in [6, 6.07) is 17.7. The van der Waals surface area contributed by atoms with Crippen LogP contribution in [0, 0.1) is 0 Å². The monoisotopic (exact) mass is 436 g/mol. The molecular formula is C23H20N2O3S2. The number of thiazole rings is 1. The fraction of sp³-hybridized carbons (Fsp3) is 0.174. The number of fused-ring (bicyclic) bond motifs is 1. The first-order valence-corrected chi connectivity index (χ1v) is 11.3. The predicted octanol–water partition coefficient (Wildman–Crippen LogP) is 5.16. The number of thiophene rings is 1. The summed E-state index contributed by atoms with van der Waals surface area (Å²) in [5.41, 5.74) is 1.47. The third-order valence-electron chi connectivity index (χ3n) is 4.64. The van der Waals surface area contributed by atoms with Gasteiger partial charge in [-0.25, -0.2) is 4.98 Å². The van der Waals surface area contributed by atoms with Crippen LogP contribution in [0.2, 0.25) is 0 Å². The Morgan fingerprint density at radius 2 is 1.87 bits per heavy atom. The minimum atomic E-state index is -0.458. The smallest absolute Gasteiger partial charge is 0.312 e. The van der Waals surface area contributed by atoms with Crippen molar-refractivity contribution in [1.29, 1.82) is 0 Å². The summed E-state index contributed by atoms with van der Waals surface area (Å²) >= 11 is 3.11. The van der Waals surface area contributed by atoms with E-state index in [1.165, 1.54) is 11.3 Å². The molecule has 0 saturated heterocycles. The number of amides is 1. The lowest BCUT2D eigenvalue weighted by Crippen LogP contribution is -2.34. The zero-order chi connectivity index (χ0) is 20.9. The number of benzene rings is 2. The molecule has 0 atom stereocenters. The molecule has 30 heavy (non-hydrogen) atoms. The van der Waals surface area contributed by atoms with E-state index in [4.69, 9.17) is 4.74 Å². The van der Waals surface area contributed by atoms with Gasteiger partial charge in [0.05, 0.1) is 22.7 Å². The van der Waals surface area contributed by atoms with Gasteiger partial charge < -0.3 is 9.64 Å². The Balaban J connectivity index is 1.39. The molecule has 0 radical (unpaired) electrons. The van der Waals surface area contributed by atoms with Gasteiger partial charge in [-0.1, -0.05) is 42.5 Å². The molecule has 2 aromatic heterocycles. The standard InChI is InChI=1S/C23H20N2O3S2/c1-2-25(19-10-5-8-16-7-3-4-9-18(16)19)21(26)14-28-22(27)13-17-15-30-23(24-17)20-11-6-12-29-20/h3-12,15H,2,13-14H2,1H3. The van der Waals surface area contributed by atoms with Gasteiger partial charge in [-0.15, -0.1) is 22.7 Å². The maximum Gasteiger partial charge on any atom is 0.312 e. The quantitative estimate of drug-likeness (QED) is 0.375. The Morgan fingerprint density at radius 1 is 1.03 bits per heavy atom. The Hall–Kier alpha value is -3.03. The van der Waals surface area contributed by atoms with Crippen LogP contribution in [0.5, 0.6) is 0 Å². The third-order valence-corrected chi connectivity index (χ3v) is 6.57. The van der Waals surface area contributed by atoms with E-state index in [1.807, 2.05) is 72.3 Å². The molecule has 0 bridgehead atoms.